The molecular weight excluding hydrogens is 212 g/mol. The van der Waals surface area contributed by atoms with Gasteiger partial charge in [-0.2, -0.15) is 0 Å². The fourth-order valence-electron chi connectivity index (χ4n) is 2.17. The highest BCUT2D eigenvalue weighted by molar-refractivity contribution is 6.74. The van der Waals surface area contributed by atoms with Crippen molar-refractivity contribution in [2.24, 2.45) is 11.8 Å². The topological polar surface area (TPSA) is 9.23 Å². The van der Waals surface area contributed by atoms with Crippen LogP contribution in [0.25, 0.3) is 0 Å². The second-order valence-electron chi connectivity index (χ2n) is 7.09. The summed E-state index contributed by atoms with van der Waals surface area (Å²) < 4.78 is 6.34. The molecule has 0 aromatic carbocycles. The third kappa shape index (κ3) is 3.59. The van der Waals surface area contributed by atoms with E-state index >= 15 is 0 Å². The first kappa shape index (κ1) is 14.2. The summed E-state index contributed by atoms with van der Waals surface area (Å²) in [4.78, 5) is 0. The normalized spacial score (nSPS) is 28.1. The van der Waals surface area contributed by atoms with E-state index in [2.05, 4.69) is 40.8 Å². The highest BCUT2D eigenvalue weighted by Crippen LogP contribution is 2.38. The molecule has 0 spiro atoms. The predicted molar refractivity (Wildman–Crippen MR) is 74.3 cm³/mol. The van der Waals surface area contributed by atoms with Gasteiger partial charge in [0.05, 0.1) is 0 Å². The summed E-state index contributed by atoms with van der Waals surface area (Å²) in [7, 11) is -1.52. The van der Waals surface area contributed by atoms with Crippen LogP contribution in [0.4, 0.5) is 0 Å². The van der Waals surface area contributed by atoms with Gasteiger partial charge in [-0.3, -0.25) is 0 Å². The Morgan fingerprint density at radius 3 is 2.19 bits per heavy atom. The fourth-order valence-corrected chi connectivity index (χ4v) is 3.24. The summed E-state index contributed by atoms with van der Waals surface area (Å²) >= 11 is 0. The largest absolute Gasteiger partial charge is 0.417 e. The minimum Gasteiger partial charge on any atom is -0.417 e. The molecule has 0 unspecified atom stereocenters. The molecular formula is C14H30OSi. The second-order valence-corrected chi connectivity index (χ2v) is 11.9. The summed E-state index contributed by atoms with van der Waals surface area (Å²) in [6.07, 6.45) is 5.63. The van der Waals surface area contributed by atoms with Crippen LogP contribution in [0, 0.1) is 11.8 Å². The number of hydrogen-bond acceptors (Lipinski definition) is 1. The van der Waals surface area contributed by atoms with E-state index in [1.165, 1.54) is 25.7 Å². The fraction of sp³-hybridized carbons (Fsp3) is 1.00. The molecule has 2 heteroatoms. The molecule has 1 saturated carbocycles. The molecule has 1 aliphatic rings. The lowest BCUT2D eigenvalue weighted by atomic mass is 9.81. The van der Waals surface area contributed by atoms with Gasteiger partial charge in [-0.15, -0.1) is 0 Å². The second kappa shape index (κ2) is 5.22. The third-order valence-corrected chi connectivity index (χ3v) is 9.25. The Morgan fingerprint density at radius 2 is 1.69 bits per heavy atom. The average molecular weight is 242 g/mol. The molecule has 0 bridgehead atoms. The van der Waals surface area contributed by atoms with E-state index in [1.54, 1.807) is 0 Å². The van der Waals surface area contributed by atoms with Crippen molar-refractivity contribution in [3.05, 3.63) is 0 Å². The lowest BCUT2D eigenvalue weighted by Crippen LogP contribution is -2.42. The van der Waals surface area contributed by atoms with Crippen molar-refractivity contribution < 1.29 is 4.43 Å². The molecule has 96 valence electrons. The maximum Gasteiger partial charge on any atom is 0.191 e. The van der Waals surface area contributed by atoms with Crippen molar-refractivity contribution in [3.63, 3.8) is 0 Å². The van der Waals surface area contributed by atoms with E-state index in [4.69, 9.17) is 4.43 Å². The van der Waals surface area contributed by atoms with Gasteiger partial charge in [0.15, 0.2) is 8.32 Å². The van der Waals surface area contributed by atoms with Gasteiger partial charge in [-0.1, -0.05) is 47.0 Å². The van der Waals surface area contributed by atoms with Crippen LogP contribution in [-0.2, 0) is 4.43 Å². The molecule has 0 amide bonds. The van der Waals surface area contributed by atoms with Crippen molar-refractivity contribution >= 4 is 8.32 Å². The molecule has 0 aromatic rings. The van der Waals surface area contributed by atoms with Gasteiger partial charge in [-0.05, 0) is 36.4 Å². The minimum atomic E-state index is -1.52. The van der Waals surface area contributed by atoms with Crippen molar-refractivity contribution in [2.75, 3.05) is 6.61 Å². The molecule has 1 fully saturated rings. The van der Waals surface area contributed by atoms with Crippen molar-refractivity contribution in [1.82, 2.24) is 0 Å². The molecule has 1 aliphatic carbocycles. The Labute approximate surface area is 103 Å². The first-order valence-electron chi connectivity index (χ1n) is 6.88. The predicted octanol–water partition coefficient (Wildman–Crippen LogP) is 4.83. The molecule has 2 atom stereocenters. The van der Waals surface area contributed by atoms with Crippen molar-refractivity contribution in [3.8, 4) is 0 Å². The molecule has 1 nitrogen and oxygen atoms in total. The van der Waals surface area contributed by atoms with Crippen LogP contribution in [0.3, 0.4) is 0 Å². The highest BCUT2D eigenvalue weighted by atomic mass is 28.4. The van der Waals surface area contributed by atoms with Gasteiger partial charge in [0, 0.05) is 6.61 Å². The van der Waals surface area contributed by atoms with Crippen LogP contribution >= 0.6 is 0 Å². The summed E-state index contributed by atoms with van der Waals surface area (Å²) in [5, 5.41) is 0.352. The zero-order valence-electron chi connectivity index (χ0n) is 12.1. The van der Waals surface area contributed by atoms with Crippen LogP contribution < -0.4 is 0 Å². The molecule has 0 saturated heterocycles. The van der Waals surface area contributed by atoms with E-state index in [0.29, 0.717) is 5.04 Å². The Balaban J connectivity index is 2.44. The Hall–Kier alpha value is 0.177. The lowest BCUT2D eigenvalue weighted by molar-refractivity contribution is 0.149. The molecule has 16 heavy (non-hydrogen) atoms. The monoisotopic (exact) mass is 242 g/mol. The maximum absolute atomic E-state index is 6.34. The van der Waals surface area contributed by atoms with Crippen molar-refractivity contribution in [1.29, 1.82) is 0 Å². The van der Waals surface area contributed by atoms with E-state index in [9.17, 15) is 0 Å². The Kier molecular flexibility index (Phi) is 4.64. The maximum atomic E-state index is 6.34. The Bertz CT molecular complexity index is 217. The van der Waals surface area contributed by atoms with Gasteiger partial charge in [0.2, 0.25) is 0 Å². The van der Waals surface area contributed by atoms with Crippen LogP contribution in [0.2, 0.25) is 18.1 Å². The van der Waals surface area contributed by atoms with Gasteiger partial charge in [0.1, 0.15) is 0 Å². The van der Waals surface area contributed by atoms with E-state index in [1.807, 2.05) is 0 Å². The van der Waals surface area contributed by atoms with Crippen LogP contribution in [-0.4, -0.2) is 14.9 Å². The molecule has 1 rings (SSSR count). The first-order chi connectivity index (χ1) is 7.24. The number of hydrogen-bond donors (Lipinski definition) is 0. The zero-order valence-corrected chi connectivity index (χ0v) is 13.1. The van der Waals surface area contributed by atoms with E-state index in [-0.39, 0.29) is 0 Å². The zero-order chi connectivity index (χ0) is 12.4. The summed E-state index contributed by atoms with van der Waals surface area (Å²) in [6.45, 7) is 15.1. The standard InChI is InChI=1S/C14H30OSi/c1-12-9-7-8-10-13(12)11-15-16(5,6)14(2,3)4/h12-13H,7-11H2,1-6H3/t12-,13+/m1/s1. The summed E-state index contributed by atoms with van der Waals surface area (Å²) in [5.74, 6) is 1.70. The van der Waals surface area contributed by atoms with Gasteiger partial charge >= 0.3 is 0 Å². The van der Waals surface area contributed by atoms with Gasteiger partial charge in [0.25, 0.3) is 0 Å². The van der Waals surface area contributed by atoms with E-state index in [0.717, 1.165) is 18.4 Å². The van der Waals surface area contributed by atoms with Gasteiger partial charge < -0.3 is 4.43 Å². The average Bonchev–Trinajstić information content (AvgIpc) is 2.15. The SMILES string of the molecule is C[C@@H]1CCCC[C@H]1CO[Si](C)(C)C(C)(C)C. The minimum absolute atomic E-state index is 0.352. The molecule has 0 aromatic heterocycles. The van der Waals surface area contributed by atoms with Gasteiger partial charge in [-0.25, -0.2) is 0 Å². The third-order valence-electron chi connectivity index (χ3n) is 4.75. The first-order valence-corrected chi connectivity index (χ1v) is 9.79. The smallest absolute Gasteiger partial charge is 0.191 e. The lowest BCUT2D eigenvalue weighted by Gasteiger charge is -2.39. The summed E-state index contributed by atoms with van der Waals surface area (Å²) in [6, 6.07) is 0. The van der Waals surface area contributed by atoms with Crippen LogP contribution in [0.1, 0.15) is 53.4 Å². The quantitative estimate of drug-likeness (QED) is 0.644. The molecule has 0 aliphatic heterocycles. The summed E-state index contributed by atoms with van der Waals surface area (Å²) in [5.41, 5.74) is 0. The van der Waals surface area contributed by atoms with Crippen molar-refractivity contribution in [2.45, 2.75) is 71.5 Å². The van der Waals surface area contributed by atoms with Crippen LogP contribution in [0.5, 0.6) is 0 Å². The Morgan fingerprint density at radius 1 is 1.12 bits per heavy atom. The highest BCUT2D eigenvalue weighted by Gasteiger charge is 2.38. The molecule has 0 radical (unpaired) electrons. The molecule has 0 heterocycles. The van der Waals surface area contributed by atoms with E-state index < -0.39 is 8.32 Å². The number of rotatable bonds is 3. The molecule has 0 N–H and O–H groups in total. The van der Waals surface area contributed by atoms with Crippen LogP contribution in [0.15, 0.2) is 0 Å².